The molecule has 0 aromatic heterocycles. The summed E-state index contributed by atoms with van der Waals surface area (Å²) in [5.74, 6) is -8.71. The minimum atomic E-state index is -2.91. The number of rotatable bonds is 15. The van der Waals surface area contributed by atoms with Crippen LogP contribution >= 0.6 is 0 Å². The van der Waals surface area contributed by atoms with Gasteiger partial charge < -0.3 is 28.1 Å². The lowest BCUT2D eigenvalue weighted by molar-refractivity contribution is -0.347. The molecule has 32 heavy (non-hydrogen) atoms. The van der Waals surface area contributed by atoms with E-state index in [1.54, 1.807) is 6.92 Å². The smallest absolute Gasteiger partial charge is 0.421 e. The van der Waals surface area contributed by atoms with Crippen molar-refractivity contribution in [1.29, 1.82) is 0 Å². The van der Waals surface area contributed by atoms with Crippen LogP contribution in [0.2, 0.25) is 0 Å². The van der Waals surface area contributed by atoms with E-state index in [1.807, 2.05) is 0 Å². The Morgan fingerprint density at radius 2 is 0.969 bits per heavy atom. The first kappa shape index (κ1) is 28.2. The first-order valence-electron chi connectivity index (χ1n) is 8.89. The molecular formula is C20H24O11Si. The fourth-order valence-corrected chi connectivity index (χ4v) is 3.32. The summed E-state index contributed by atoms with van der Waals surface area (Å²) in [5, 5.41) is 0. The van der Waals surface area contributed by atoms with Crippen LogP contribution in [0.5, 0.6) is 0 Å². The summed E-state index contributed by atoms with van der Waals surface area (Å²) in [7, 11) is -2.22. The minimum absolute atomic E-state index is 0.101. The van der Waals surface area contributed by atoms with Crippen LogP contribution in [0, 0.1) is 0 Å². The van der Waals surface area contributed by atoms with Crippen LogP contribution in [0.25, 0.3) is 0 Å². The molecule has 174 valence electrons. The van der Waals surface area contributed by atoms with Gasteiger partial charge in [0, 0.05) is 37.0 Å². The van der Waals surface area contributed by atoms with Gasteiger partial charge in [0.1, 0.15) is 6.42 Å². The quantitative estimate of drug-likeness (QED) is 0.143. The second-order valence-electron chi connectivity index (χ2n) is 5.53. The lowest BCUT2D eigenvalue weighted by Gasteiger charge is -2.38. The van der Waals surface area contributed by atoms with E-state index in [-0.39, 0.29) is 6.61 Å². The second-order valence-corrected chi connectivity index (χ2v) is 7.31. The van der Waals surface area contributed by atoms with E-state index in [1.165, 1.54) is 0 Å². The van der Waals surface area contributed by atoms with E-state index < -0.39 is 57.4 Å². The molecule has 0 unspecified atom stereocenters. The SMILES string of the molecule is C=CC(=O)OC(CC(OC(=O)C=C)(OC(=O)C=C)[SiH2]OCC)(OC(=O)C=C)OC(=O)C=C. The number of esters is 5. The van der Waals surface area contributed by atoms with Crippen LogP contribution in [0.3, 0.4) is 0 Å². The van der Waals surface area contributed by atoms with Gasteiger partial charge in [0.2, 0.25) is 0 Å². The van der Waals surface area contributed by atoms with E-state index in [4.69, 9.17) is 28.1 Å². The van der Waals surface area contributed by atoms with Crippen molar-refractivity contribution in [2.75, 3.05) is 6.61 Å². The van der Waals surface area contributed by atoms with Gasteiger partial charge in [0.05, 0.1) is 0 Å². The molecule has 0 aromatic carbocycles. The normalized spacial score (nSPS) is 10.9. The highest BCUT2D eigenvalue weighted by molar-refractivity contribution is 6.32. The molecule has 0 saturated carbocycles. The highest BCUT2D eigenvalue weighted by Crippen LogP contribution is 2.32. The first-order chi connectivity index (χ1) is 15.0. The third-order valence-electron chi connectivity index (χ3n) is 3.19. The average Bonchev–Trinajstić information content (AvgIpc) is 2.76. The van der Waals surface area contributed by atoms with Gasteiger partial charge in [-0.2, -0.15) is 0 Å². The molecular weight excluding hydrogens is 444 g/mol. The molecule has 0 aliphatic heterocycles. The molecule has 0 aliphatic carbocycles. The zero-order valence-electron chi connectivity index (χ0n) is 17.5. The summed E-state index contributed by atoms with van der Waals surface area (Å²) in [6.45, 7) is 17.8. The number of hydrogen-bond donors (Lipinski definition) is 0. The topological polar surface area (TPSA) is 141 Å². The highest BCUT2D eigenvalue weighted by atomic mass is 28.2. The van der Waals surface area contributed by atoms with E-state index >= 15 is 0 Å². The molecule has 0 atom stereocenters. The lowest BCUT2D eigenvalue weighted by atomic mass is 10.3. The van der Waals surface area contributed by atoms with Crippen molar-refractivity contribution in [3.8, 4) is 0 Å². The molecule has 0 heterocycles. The summed E-state index contributed by atoms with van der Waals surface area (Å²) in [6, 6.07) is 0. The molecule has 0 radical (unpaired) electrons. The average molecular weight is 468 g/mol. The van der Waals surface area contributed by atoms with Crippen LogP contribution in [0.4, 0.5) is 0 Å². The number of ether oxygens (including phenoxy) is 5. The van der Waals surface area contributed by atoms with Gasteiger partial charge in [-0.3, -0.25) is 0 Å². The minimum Gasteiger partial charge on any atom is -0.421 e. The molecule has 0 spiro atoms. The number of carbonyl (C=O) groups excluding carboxylic acids is 5. The Bertz CT molecular complexity index is 722. The number of carbonyl (C=O) groups is 5. The van der Waals surface area contributed by atoms with Gasteiger partial charge in [-0.1, -0.05) is 32.9 Å². The first-order valence-corrected chi connectivity index (χ1v) is 10.2. The standard InChI is InChI=1S/C20H24O11Si/c1-7-14(21)27-19(28-15(22)8-2,29-16(23)9-3)13-20(32-26-12-6,30-17(24)10-4)31-18(25)11-5/h7-11H,1-5,12-13,32H2,6H3. The molecule has 0 aromatic rings. The van der Waals surface area contributed by atoms with E-state index in [0.29, 0.717) is 18.2 Å². The van der Waals surface area contributed by atoms with E-state index in [2.05, 4.69) is 32.9 Å². The van der Waals surface area contributed by atoms with Crippen LogP contribution in [-0.4, -0.2) is 57.6 Å². The summed E-state index contributed by atoms with van der Waals surface area (Å²) >= 11 is 0. The van der Waals surface area contributed by atoms with Crippen molar-refractivity contribution in [1.82, 2.24) is 0 Å². The summed E-state index contributed by atoms with van der Waals surface area (Å²) < 4.78 is 30.7. The Morgan fingerprint density at radius 3 is 1.25 bits per heavy atom. The maximum Gasteiger partial charge on any atom is 0.431 e. The fraction of sp³-hybridized carbons (Fsp3) is 0.250. The molecule has 0 aliphatic rings. The van der Waals surface area contributed by atoms with Gasteiger partial charge in [-0.15, -0.1) is 0 Å². The molecule has 0 rings (SSSR count). The van der Waals surface area contributed by atoms with Gasteiger partial charge in [-0.25, -0.2) is 24.0 Å². The van der Waals surface area contributed by atoms with E-state index in [0.717, 1.165) is 12.2 Å². The van der Waals surface area contributed by atoms with Crippen molar-refractivity contribution < 1.29 is 52.1 Å². The Kier molecular flexibility index (Phi) is 11.9. The monoisotopic (exact) mass is 468 g/mol. The molecule has 0 bridgehead atoms. The Balaban J connectivity index is 6.78. The third kappa shape index (κ3) is 9.36. The van der Waals surface area contributed by atoms with E-state index in [9.17, 15) is 24.0 Å². The summed E-state index contributed by atoms with van der Waals surface area (Å²) in [5.41, 5.74) is -2.32. The van der Waals surface area contributed by atoms with Gasteiger partial charge in [0.25, 0.3) is 15.2 Å². The molecule has 0 N–H and O–H groups in total. The largest absolute Gasteiger partial charge is 0.431 e. The van der Waals surface area contributed by atoms with Crippen molar-refractivity contribution in [2.45, 2.75) is 24.7 Å². The Morgan fingerprint density at radius 1 is 0.656 bits per heavy atom. The van der Waals surface area contributed by atoms with Crippen molar-refractivity contribution in [3.63, 3.8) is 0 Å². The maximum atomic E-state index is 12.0. The molecule has 0 saturated heterocycles. The van der Waals surface area contributed by atoms with Crippen LogP contribution < -0.4 is 0 Å². The summed E-state index contributed by atoms with van der Waals surface area (Å²) in [4.78, 5) is 60.0. The predicted molar refractivity (Wildman–Crippen MR) is 112 cm³/mol. The Labute approximate surface area is 186 Å². The summed E-state index contributed by atoms with van der Waals surface area (Å²) in [6.07, 6.45) is 2.49. The highest BCUT2D eigenvalue weighted by Gasteiger charge is 2.55. The predicted octanol–water partition coefficient (Wildman–Crippen LogP) is 0.450. The molecule has 0 amide bonds. The molecule has 12 heteroatoms. The Hall–Kier alpha value is -3.77. The van der Waals surface area contributed by atoms with Gasteiger partial charge >= 0.3 is 35.8 Å². The second kappa shape index (κ2) is 13.5. The van der Waals surface area contributed by atoms with Crippen LogP contribution in [0.1, 0.15) is 13.3 Å². The third-order valence-corrected chi connectivity index (χ3v) is 4.78. The van der Waals surface area contributed by atoms with Gasteiger partial charge in [0.15, 0.2) is 0 Å². The van der Waals surface area contributed by atoms with Crippen LogP contribution in [-0.2, 0) is 52.1 Å². The van der Waals surface area contributed by atoms with Crippen molar-refractivity contribution in [3.05, 3.63) is 63.3 Å². The van der Waals surface area contributed by atoms with Crippen molar-refractivity contribution >= 4 is 39.6 Å². The molecule has 11 nitrogen and oxygen atoms in total. The lowest BCUT2D eigenvalue weighted by Crippen LogP contribution is -2.56. The maximum absolute atomic E-state index is 12.0. The van der Waals surface area contributed by atoms with Gasteiger partial charge in [-0.05, 0) is 6.92 Å². The van der Waals surface area contributed by atoms with Crippen LogP contribution in [0.15, 0.2) is 63.3 Å². The van der Waals surface area contributed by atoms with Crippen molar-refractivity contribution in [2.24, 2.45) is 0 Å². The number of hydrogen-bond acceptors (Lipinski definition) is 11. The zero-order valence-corrected chi connectivity index (χ0v) is 18.9. The zero-order chi connectivity index (χ0) is 24.8. The fourth-order valence-electron chi connectivity index (χ4n) is 2.00. The molecule has 0 fully saturated rings.